The number of nitriles is 1. The Balaban J connectivity index is 3.87. The summed E-state index contributed by atoms with van der Waals surface area (Å²) < 4.78 is 0. The largest absolute Gasteiger partial charge is 0.327 e. The average molecular weight is 179 g/mol. The molecule has 0 aliphatic heterocycles. The van der Waals surface area contributed by atoms with Crippen LogP contribution in [0, 0.1) is 23.7 Å². The summed E-state index contributed by atoms with van der Waals surface area (Å²) in [6.07, 6.45) is 5.33. The van der Waals surface area contributed by atoms with Gasteiger partial charge in [-0.2, -0.15) is 5.26 Å². The smallest absolute Gasteiger partial charge is 0.318 e. The molecule has 0 rings (SSSR count). The van der Waals surface area contributed by atoms with Crippen molar-refractivity contribution in [3.8, 4) is 18.4 Å². The van der Waals surface area contributed by atoms with Gasteiger partial charge >= 0.3 is 6.03 Å². The Labute approximate surface area is 78.5 Å². The minimum Gasteiger partial charge on any atom is -0.327 e. The average Bonchev–Trinajstić information content (AvgIpc) is 2.16. The number of urea groups is 1. The van der Waals surface area contributed by atoms with E-state index in [9.17, 15) is 4.79 Å². The molecule has 0 atom stereocenters. The summed E-state index contributed by atoms with van der Waals surface area (Å²) in [4.78, 5) is 12.8. The van der Waals surface area contributed by atoms with Gasteiger partial charge in [0.1, 0.15) is 0 Å². The molecule has 70 valence electrons. The molecule has 0 saturated heterocycles. The van der Waals surface area contributed by atoms with Crippen LogP contribution >= 0.6 is 0 Å². The van der Waals surface area contributed by atoms with Crippen LogP contribution in [0.2, 0.25) is 0 Å². The first-order valence-corrected chi connectivity index (χ1v) is 4.09. The molecule has 0 saturated carbocycles. The molecule has 1 N–H and O–H groups in total. The van der Waals surface area contributed by atoms with Crippen molar-refractivity contribution in [2.45, 2.75) is 13.3 Å². The predicted molar refractivity (Wildman–Crippen MR) is 49.7 cm³/mol. The van der Waals surface area contributed by atoms with Crippen molar-refractivity contribution < 1.29 is 4.79 Å². The Hall–Kier alpha value is -1.68. The van der Waals surface area contributed by atoms with Crippen molar-refractivity contribution >= 4 is 6.03 Å². The maximum Gasteiger partial charge on any atom is 0.318 e. The zero-order valence-corrected chi connectivity index (χ0v) is 7.71. The molecule has 13 heavy (non-hydrogen) atoms. The summed E-state index contributed by atoms with van der Waals surface area (Å²) in [5.41, 5.74) is 0. The van der Waals surface area contributed by atoms with Crippen molar-refractivity contribution in [3.05, 3.63) is 0 Å². The quantitative estimate of drug-likeness (QED) is 0.641. The SMILES string of the molecule is C#CCNC(=O)N(CC)CCC#N. The van der Waals surface area contributed by atoms with Crippen LogP contribution in [0.25, 0.3) is 0 Å². The maximum absolute atomic E-state index is 11.2. The van der Waals surface area contributed by atoms with Gasteiger partial charge in [-0.15, -0.1) is 6.42 Å². The Morgan fingerprint density at radius 2 is 2.38 bits per heavy atom. The molecule has 4 heteroatoms. The van der Waals surface area contributed by atoms with E-state index in [1.165, 1.54) is 0 Å². The van der Waals surface area contributed by atoms with Crippen LogP contribution in [0.5, 0.6) is 0 Å². The van der Waals surface area contributed by atoms with Crippen molar-refractivity contribution in [2.24, 2.45) is 0 Å². The summed E-state index contributed by atoms with van der Waals surface area (Å²) in [5.74, 6) is 2.31. The summed E-state index contributed by atoms with van der Waals surface area (Å²) >= 11 is 0. The van der Waals surface area contributed by atoms with E-state index < -0.39 is 0 Å². The minimum atomic E-state index is -0.212. The lowest BCUT2D eigenvalue weighted by molar-refractivity contribution is 0.203. The molecule has 0 aromatic carbocycles. The molecule has 0 unspecified atom stereocenters. The van der Waals surface area contributed by atoms with Crippen LogP contribution in [0.15, 0.2) is 0 Å². The molecule has 0 fully saturated rings. The normalized spacial score (nSPS) is 8.23. The molecule has 0 aliphatic rings. The van der Waals surface area contributed by atoms with Crippen LogP contribution in [-0.2, 0) is 0 Å². The van der Waals surface area contributed by atoms with Gasteiger partial charge in [0.25, 0.3) is 0 Å². The molecule has 0 heterocycles. The Bertz CT molecular complexity index is 236. The highest BCUT2D eigenvalue weighted by Gasteiger charge is 2.08. The van der Waals surface area contributed by atoms with Gasteiger partial charge < -0.3 is 10.2 Å². The molecule has 0 radical (unpaired) electrons. The molecule has 0 aromatic heterocycles. The topological polar surface area (TPSA) is 56.1 Å². The summed E-state index contributed by atoms with van der Waals surface area (Å²) in [6.45, 7) is 3.11. The van der Waals surface area contributed by atoms with E-state index in [0.29, 0.717) is 19.5 Å². The van der Waals surface area contributed by atoms with E-state index in [4.69, 9.17) is 11.7 Å². The van der Waals surface area contributed by atoms with E-state index in [1.54, 1.807) is 4.90 Å². The number of nitrogens with zero attached hydrogens (tertiary/aromatic N) is 2. The van der Waals surface area contributed by atoms with Gasteiger partial charge in [0.2, 0.25) is 0 Å². The third kappa shape index (κ3) is 4.71. The second kappa shape index (κ2) is 7.00. The zero-order chi connectivity index (χ0) is 10.1. The number of carbonyl (C=O) groups is 1. The highest BCUT2D eigenvalue weighted by molar-refractivity contribution is 5.74. The predicted octanol–water partition coefficient (Wildman–Crippen LogP) is 0.565. The van der Waals surface area contributed by atoms with Crippen LogP contribution in [0.1, 0.15) is 13.3 Å². The van der Waals surface area contributed by atoms with Gasteiger partial charge in [0.05, 0.1) is 19.0 Å². The van der Waals surface area contributed by atoms with Crippen LogP contribution < -0.4 is 5.32 Å². The van der Waals surface area contributed by atoms with E-state index in [0.717, 1.165) is 0 Å². The van der Waals surface area contributed by atoms with Crippen molar-refractivity contribution in [3.63, 3.8) is 0 Å². The van der Waals surface area contributed by atoms with E-state index in [2.05, 4.69) is 11.2 Å². The van der Waals surface area contributed by atoms with Crippen molar-refractivity contribution in [1.82, 2.24) is 10.2 Å². The van der Waals surface area contributed by atoms with Crippen LogP contribution in [0.3, 0.4) is 0 Å². The summed E-state index contributed by atoms with van der Waals surface area (Å²) in [7, 11) is 0. The molecule has 0 bridgehead atoms. The fourth-order valence-corrected chi connectivity index (χ4v) is 0.827. The third-order valence-electron chi connectivity index (χ3n) is 1.50. The number of hydrogen-bond donors (Lipinski definition) is 1. The first kappa shape index (κ1) is 11.3. The summed E-state index contributed by atoms with van der Waals surface area (Å²) in [6, 6.07) is 1.77. The maximum atomic E-state index is 11.2. The second-order valence-electron chi connectivity index (χ2n) is 2.35. The number of carbonyl (C=O) groups excluding carboxylic acids is 1. The first-order valence-electron chi connectivity index (χ1n) is 4.09. The van der Waals surface area contributed by atoms with E-state index in [-0.39, 0.29) is 12.6 Å². The number of rotatable bonds is 4. The number of amides is 2. The fraction of sp³-hybridized carbons (Fsp3) is 0.556. The van der Waals surface area contributed by atoms with Crippen molar-refractivity contribution in [1.29, 1.82) is 5.26 Å². The lowest BCUT2D eigenvalue weighted by Gasteiger charge is -2.18. The molecular formula is C9H13N3O. The van der Waals surface area contributed by atoms with Gasteiger partial charge in [-0.1, -0.05) is 5.92 Å². The molecule has 2 amide bonds. The molecule has 0 aliphatic carbocycles. The van der Waals surface area contributed by atoms with E-state index in [1.807, 2.05) is 13.0 Å². The lowest BCUT2D eigenvalue weighted by Crippen LogP contribution is -2.40. The van der Waals surface area contributed by atoms with Gasteiger partial charge in [-0.3, -0.25) is 0 Å². The molecule has 0 spiro atoms. The van der Waals surface area contributed by atoms with Crippen LogP contribution in [0.4, 0.5) is 4.79 Å². The zero-order valence-electron chi connectivity index (χ0n) is 7.71. The first-order chi connectivity index (χ1) is 6.26. The summed E-state index contributed by atoms with van der Waals surface area (Å²) in [5, 5.41) is 10.9. The second-order valence-corrected chi connectivity index (χ2v) is 2.35. The van der Waals surface area contributed by atoms with E-state index >= 15 is 0 Å². The van der Waals surface area contributed by atoms with Crippen molar-refractivity contribution in [2.75, 3.05) is 19.6 Å². The number of hydrogen-bond acceptors (Lipinski definition) is 2. The van der Waals surface area contributed by atoms with Gasteiger partial charge in [0.15, 0.2) is 0 Å². The van der Waals surface area contributed by atoms with Crippen LogP contribution in [-0.4, -0.2) is 30.6 Å². The highest BCUT2D eigenvalue weighted by atomic mass is 16.2. The van der Waals surface area contributed by atoms with Gasteiger partial charge in [-0.05, 0) is 6.92 Å². The minimum absolute atomic E-state index is 0.212. The Kier molecular flexibility index (Phi) is 6.09. The van der Waals surface area contributed by atoms with Gasteiger partial charge in [-0.25, -0.2) is 4.79 Å². The Morgan fingerprint density at radius 3 is 2.85 bits per heavy atom. The molecular weight excluding hydrogens is 166 g/mol. The van der Waals surface area contributed by atoms with Gasteiger partial charge in [0, 0.05) is 13.1 Å². The monoisotopic (exact) mass is 179 g/mol. The standard InChI is InChI=1S/C9H13N3O/c1-3-7-11-9(13)12(4-2)8-5-6-10/h1H,4-5,7-8H2,2H3,(H,11,13). The highest BCUT2D eigenvalue weighted by Crippen LogP contribution is 1.90. The molecule has 4 nitrogen and oxygen atoms in total. The third-order valence-corrected chi connectivity index (χ3v) is 1.50. The molecule has 0 aromatic rings. The lowest BCUT2D eigenvalue weighted by atomic mass is 10.4. The number of terminal acetylenes is 1. The Morgan fingerprint density at radius 1 is 1.69 bits per heavy atom. The number of nitrogens with one attached hydrogen (secondary N) is 1. The fourth-order valence-electron chi connectivity index (χ4n) is 0.827.